The fourth-order valence-corrected chi connectivity index (χ4v) is 5.98. The molecule has 0 aliphatic carbocycles. The number of fused-ring (bicyclic) bond motifs is 5. The van der Waals surface area contributed by atoms with Gasteiger partial charge in [0.1, 0.15) is 5.82 Å². The number of piperidine rings is 1. The molecular formula is C27H26N6O. The van der Waals surface area contributed by atoms with Crippen LogP contribution >= 0.6 is 0 Å². The van der Waals surface area contributed by atoms with Gasteiger partial charge in [0.2, 0.25) is 0 Å². The molecule has 0 spiro atoms. The number of aromatic nitrogens is 4. The zero-order chi connectivity index (χ0) is 22.6. The Morgan fingerprint density at radius 2 is 1.76 bits per heavy atom. The topological polar surface area (TPSA) is 84.2 Å². The molecule has 2 N–H and O–H groups in total. The van der Waals surface area contributed by atoms with Gasteiger partial charge in [-0.25, -0.2) is 4.98 Å². The molecule has 6 heterocycles. The summed E-state index contributed by atoms with van der Waals surface area (Å²) in [7, 11) is 0. The van der Waals surface area contributed by atoms with Crippen LogP contribution in [0.5, 0.6) is 0 Å². The zero-order valence-electron chi connectivity index (χ0n) is 18.9. The number of benzene rings is 1. The highest BCUT2D eigenvalue weighted by Gasteiger charge is 2.38. The number of nitrogens with one attached hydrogen (secondary N) is 2. The molecule has 2 atom stereocenters. The molecule has 2 unspecified atom stereocenters. The summed E-state index contributed by atoms with van der Waals surface area (Å²) >= 11 is 0. The van der Waals surface area contributed by atoms with E-state index in [1.54, 1.807) is 0 Å². The monoisotopic (exact) mass is 450 g/mol. The van der Waals surface area contributed by atoms with Crippen LogP contribution in [0.4, 0.5) is 5.82 Å². The standard InChI is InChI=1S/C27H26N6O/c34-23-10-11-28-27-24(23)25(18-12-19-7-8-20(13-18)31-19)32-26-21(15-30-33(26)27)17-6-9-22(29-14-17)16-4-2-1-3-5-16/h1-6,9,14-15,18-20,28,31H,7-8,10-13H2. The number of pyridine rings is 1. The van der Waals surface area contributed by atoms with Gasteiger partial charge in [-0.15, -0.1) is 0 Å². The minimum Gasteiger partial charge on any atom is -0.369 e. The van der Waals surface area contributed by atoms with E-state index in [2.05, 4.69) is 33.9 Å². The number of Topliss-reactive ketones (excluding diaryl/α,β-unsaturated/α-hetero) is 1. The third-order valence-electron chi connectivity index (χ3n) is 7.60. The second-order valence-corrected chi connectivity index (χ2v) is 9.72. The van der Waals surface area contributed by atoms with Gasteiger partial charge < -0.3 is 10.6 Å². The number of hydrogen-bond acceptors (Lipinski definition) is 6. The van der Waals surface area contributed by atoms with Crippen LogP contribution in [0.3, 0.4) is 0 Å². The lowest BCUT2D eigenvalue weighted by Crippen LogP contribution is -2.38. The maximum absolute atomic E-state index is 13.1. The van der Waals surface area contributed by atoms with E-state index in [-0.39, 0.29) is 5.78 Å². The molecule has 0 radical (unpaired) electrons. The summed E-state index contributed by atoms with van der Waals surface area (Å²) in [5.74, 6) is 1.26. The van der Waals surface area contributed by atoms with Gasteiger partial charge in [0.25, 0.3) is 0 Å². The largest absolute Gasteiger partial charge is 0.369 e. The van der Waals surface area contributed by atoms with Crippen molar-refractivity contribution in [2.24, 2.45) is 0 Å². The Bertz CT molecular complexity index is 1380. The van der Waals surface area contributed by atoms with Crippen molar-refractivity contribution in [2.45, 2.75) is 50.1 Å². The zero-order valence-corrected chi connectivity index (χ0v) is 18.9. The van der Waals surface area contributed by atoms with Gasteiger partial charge in [-0.3, -0.25) is 9.78 Å². The molecule has 34 heavy (non-hydrogen) atoms. The lowest BCUT2D eigenvalue weighted by atomic mass is 9.85. The van der Waals surface area contributed by atoms with Crippen LogP contribution in [-0.2, 0) is 0 Å². The summed E-state index contributed by atoms with van der Waals surface area (Å²) in [5, 5.41) is 11.8. The molecule has 3 aromatic heterocycles. The van der Waals surface area contributed by atoms with E-state index in [1.807, 2.05) is 41.2 Å². The molecular weight excluding hydrogens is 424 g/mol. The van der Waals surface area contributed by atoms with E-state index in [0.717, 1.165) is 57.9 Å². The fourth-order valence-electron chi connectivity index (χ4n) is 5.98. The fraction of sp³-hybridized carbons (Fsp3) is 0.333. The molecule has 7 heteroatoms. The highest BCUT2D eigenvalue weighted by Crippen LogP contribution is 2.41. The molecule has 3 aliphatic rings. The molecule has 2 bridgehead atoms. The highest BCUT2D eigenvalue weighted by molar-refractivity contribution is 6.04. The smallest absolute Gasteiger partial charge is 0.170 e. The second-order valence-electron chi connectivity index (χ2n) is 9.72. The van der Waals surface area contributed by atoms with Crippen LogP contribution in [0.2, 0.25) is 0 Å². The van der Waals surface area contributed by atoms with Crippen molar-refractivity contribution in [1.29, 1.82) is 0 Å². The molecule has 7 nitrogen and oxygen atoms in total. The molecule has 2 fully saturated rings. The summed E-state index contributed by atoms with van der Waals surface area (Å²) in [4.78, 5) is 22.9. The summed E-state index contributed by atoms with van der Waals surface area (Å²) in [6.45, 7) is 0.629. The minimum absolute atomic E-state index is 0.176. The van der Waals surface area contributed by atoms with Gasteiger partial charge in [-0.2, -0.15) is 9.61 Å². The molecule has 3 aliphatic heterocycles. The Morgan fingerprint density at radius 3 is 2.53 bits per heavy atom. The van der Waals surface area contributed by atoms with Crippen molar-refractivity contribution in [2.75, 3.05) is 11.9 Å². The van der Waals surface area contributed by atoms with Crippen molar-refractivity contribution >= 4 is 17.2 Å². The van der Waals surface area contributed by atoms with Crippen LogP contribution < -0.4 is 10.6 Å². The number of hydrogen-bond donors (Lipinski definition) is 2. The lowest BCUT2D eigenvalue weighted by molar-refractivity contribution is 0.0980. The predicted octanol–water partition coefficient (Wildman–Crippen LogP) is 4.45. The van der Waals surface area contributed by atoms with E-state index in [9.17, 15) is 4.79 Å². The van der Waals surface area contributed by atoms with Crippen LogP contribution in [0, 0.1) is 0 Å². The minimum atomic E-state index is 0.176. The summed E-state index contributed by atoms with van der Waals surface area (Å²) in [5.41, 5.74) is 6.42. The molecule has 7 rings (SSSR count). The molecule has 170 valence electrons. The number of rotatable bonds is 3. The maximum atomic E-state index is 13.1. The normalized spacial score (nSPS) is 23.6. The Kier molecular flexibility index (Phi) is 4.52. The van der Waals surface area contributed by atoms with Gasteiger partial charge >= 0.3 is 0 Å². The predicted molar refractivity (Wildman–Crippen MR) is 131 cm³/mol. The first-order valence-electron chi connectivity index (χ1n) is 12.2. The SMILES string of the molecule is O=C1CCNc2c1c(C1CC3CCC(C1)N3)nc1c(-c3ccc(-c4ccccc4)nc3)cnn21. The average molecular weight is 451 g/mol. The van der Waals surface area contributed by atoms with Gasteiger partial charge in [-0.05, 0) is 31.7 Å². The number of ketones is 1. The first-order valence-corrected chi connectivity index (χ1v) is 12.2. The van der Waals surface area contributed by atoms with Crippen molar-refractivity contribution in [1.82, 2.24) is 24.9 Å². The van der Waals surface area contributed by atoms with Crippen molar-refractivity contribution in [3.05, 3.63) is 66.1 Å². The van der Waals surface area contributed by atoms with Crippen molar-refractivity contribution in [3.63, 3.8) is 0 Å². The first-order chi connectivity index (χ1) is 16.7. The molecule has 4 aromatic rings. The van der Waals surface area contributed by atoms with Crippen LogP contribution in [-0.4, -0.2) is 44.0 Å². The summed E-state index contributed by atoms with van der Waals surface area (Å²) in [6, 6.07) is 15.4. The van der Waals surface area contributed by atoms with Gasteiger partial charge in [0.15, 0.2) is 11.4 Å². The maximum Gasteiger partial charge on any atom is 0.170 e. The highest BCUT2D eigenvalue weighted by atomic mass is 16.1. The van der Waals surface area contributed by atoms with Gasteiger partial charge in [0, 0.05) is 53.9 Å². The summed E-state index contributed by atoms with van der Waals surface area (Å²) < 4.78 is 1.81. The summed E-state index contributed by atoms with van der Waals surface area (Å²) in [6.07, 6.45) is 8.75. The van der Waals surface area contributed by atoms with Gasteiger partial charge in [0.05, 0.1) is 23.1 Å². The number of anilines is 1. The van der Waals surface area contributed by atoms with Crippen molar-refractivity contribution < 1.29 is 4.79 Å². The van der Waals surface area contributed by atoms with Crippen LogP contribution in [0.1, 0.15) is 54.1 Å². The van der Waals surface area contributed by atoms with Crippen LogP contribution in [0.25, 0.3) is 28.0 Å². The van der Waals surface area contributed by atoms with E-state index >= 15 is 0 Å². The lowest BCUT2D eigenvalue weighted by Gasteiger charge is -2.31. The van der Waals surface area contributed by atoms with E-state index in [4.69, 9.17) is 9.97 Å². The van der Waals surface area contributed by atoms with Gasteiger partial charge in [-0.1, -0.05) is 36.4 Å². The Hall–Kier alpha value is -3.58. The van der Waals surface area contributed by atoms with Crippen LogP contribution in [0.15, 0.2) is 54.9 Å². The number of nitrogens with zero attached hydrogens (tertiary/aromatic N) is 4. The molecule has 0 saturated carbocycles. The Labute approximate surface area is 197 Å². The van der Waals surface area contributed by atoms with E-state index in [0.29, 0.717) is 31.0 Å². The third-order valence-corrected chi connectivity index (χ3v) is 7.60. The molecule has 2 saturated heterocycles. The Morgan fingerprint density at radius 1 is 0.941 bits per heavy atom. The van der Waals surface area contributed by atoms with E-state index in [1.165, 1.54) is 12.8 Å². The molecule has 1 aromatic carbocycles. The second kappa shape index (κ2) is 7.74. The third kappa shape index (κ3) is 3.15. The Balaban J connectivity index is 1.35. The average Bonchev–Trinajstić information content (AvgIpc) is 3.46. The van der Waals surface area contributed by atoms with Crippen molar-refractivity contribution in [3.8, 4) is 22.4 Å². The number of carbonyl (C=O) groups is 1. The first kappa shape index (κ1) is 19.9. The quantitative estimate of drug-likeness (QED) is 0.480. The molecule has 0 amide bonds. The number of carbonyl (C=O) groups excluding carboxylic acids is 1. The van der Waals surface area contributed by atoms with E-state index < -0.39 is 0 Å².